The van der Waals surface area contributed by atoms with Crippen LogP contribution in [0.3, 0.4) is 0 Å². The van der Waals surface area contributed by atoms with E-state index in [2.05, 4.69) is 5.32 Å². The summed E-state index contributed by atoms with van der Waals surface area (Å²) >= 11 is 5.79. The molecule has 1 N–H and O–H groups in total. The van der Waals surface area contributed by atoms with Crippen LogP contribution in [0.2, 0.25) is 5.02 Å². The van der Waals surface area contributed by atoms with Gasteiger partial charge in [-0.05, 0) is 30.2 Å². The van der Waals surface area contributed by atoms with Crippen LogP contribution in [-0.2, 0) is 16.0 Å². The second-order valence-corrected chi connectivity index (χ2v) is 5.13. The van der Waals surface area contributed by atoms with E-state index in [1.165, 1.54) is 0 Å². The summed E-state index contributed by atoms with van der Waals surface area (Å²) in [4.78, 5) is 23.3. The molecule has 0 bridgehead atoms. The first-order chi connectivity index (χ1) is 9.65. The lowest BCUT2D eigenvalue weighted by atomic mass is 9.96. The van der Waals surface area contributed by atoms with Gasteiger partial charge in [0.05, 0.1) is 6.42 Å². The maximum absolute atomic E-state index is 11.8. The summed E-state index contributed by atoms with van der Waals surface area (Å²) in [5.74, 6) is -0.0645. The van der Waals surface area contributed by atoms with E-state index in [4.69, 9.17) is 11.6 Å². The number of ketones is 1. The molecule has 2 rings (SSSR count). The first kappa shape index (κ1) is 14.5. The number of carbonyl (C=O) groups is 2. The molecule has 0 saturated carbocycles. The van der Waals surface area contributed by atoms with Gasteiger partial charge in [-0.15, -0.1) is 0 Å². The molecule has 1 aliphatic carbocycles. The van der Waals surface area contributed by atoms with Crippen molar-refractivity contribution in [2.45, 2.75) is 12.8 Å². The van der Waals surface area contributed by atoms with E-state index >= 15 is 0 Å². The fraction of sp³-hybridized carbons (Fsp3) is 0.250. The van der Waals surface area contributed by atoms with Crippen LogP contribution in [0.1, 0.15) is 12.0 Å². The molecule has 0 heterocycles. The number of hydrogen-bond acceptors (Lipinski definition) is 2. The van der Waals surface area contributed by atoms with Crippen molar-refractivity contribution in [2.24, 2.45) is 5.92 Å². The molecule has 1 atom stereocenters. The first-order valence-corrected chi connectivity index (χ1v) is 6.93. The van der Waals surface area contributed by atoms with Crippen LogP contribution >= 0.6 is 11.6 Å². The monoisotopic (exact) mass is 289 g/mol. The summed E-state index contributed by atoms with van der Waals surface area (Å²) < 4.78 is 0. The van der Waals surface area contributed by atoms with Crippen molar-refractivity contribution in [3.8, 4) is 0 Å². The maximum Gasteiger partial charge on any atom is 0.224 e. The Morgan fingerprint density at radius 1 is 1.20 bits per heavy atom. The molecule has 1 amide bonds. The van der Waals surface area contributed by atoms with Crippen LogP contribution < -0.4 is 5.32 Å². The standard InChI is InChI=1S/C16H16ClNO2/c17-14-7-5-12(6-8-14)11-16(20)18-10-9-13-3-1-2-4-15(13)19/h1-8,13H,9-11H2,(H,18,20). The Labute approximate surface area is 123 Å². The normalized spacial score (nSPS) is 17.2. The lowest BCUT2D eigenvalue weighted by Gasteiger charge is -2.12. The van der Waals surface area contributed by atoms with Gasteiger partial charge in [-0.2, -0.15) is 0 Å². The molecule has 20 heavy (non-hydrogen) atoms. The number of hydrogen-bond donors (Lipinski definition) is 1. The van der Waals surface area contributed by atoms with Crippen molar-refractivity contribution >= 4 is 23.3 Å². The largest absolute Gasteiger partial charge is 0.356 e. The van der Waals surface area contributed by atoms with Crippen molar-refractivity contribution in [3.63, 3.8) is 0 Å². The SMILES string of the molecule is O=C(Cc1ccc(Cl)cc1)NCCC1C=CC=CC1=O. The van der Waals surface area contributed by atoms with Crippen LogP contribution in [0.25, 0.3) is 0 Å². The van der Waals surface area contributed by atoms with Gasteiger partial charge in [0.1, 0.15) is 0 Å². The zero-order valence-electron chi connectivity index (χ0n) is 11.0. The summed E-state index contributed by atoms with van der Waals surface area (Å²) in [5, 5.41) is 3.49. The number of rotatable bonds is 5. The van der Waals surface area contributed by atoms with Gasteiger partial charge in [0.25, 0.3) is 0 Å². The summed E-state index contributed by atoms with van der Waals surface area (Å²) in [6.07, 6.45) is 7.99. The van der Waals surface area contributed by atoms with Gasteiger partial charge < -0.3 is 5.32 Å². The molecule has 1 aliphatic rings. The van der Waals surface area contributed by atoms with E-state index in [1.807, 2.05) is 24.3 Å². The highest BCUT2D eigenvalue weighted by Crippen LogP contribution is 2.12. The molecule has 1 unspecified atom stereocenters. The molecule has 0 fully saturated rings. The summed E-state index contributed by atoms with van der Waals surface area (Å²) in [7, 11) is 0. The average Bonchev–Trinajstić information content (AvgIpc) is 2.43. The Bertz CT molecular complexity index is 546. The van der Waals surface area contributed by atoms with Crippen LogP contribution in [-0.4, -0.2) is 18.2 Å². The lowest BCUT2D eigenvalue weighted by molar-refractivity contribution is -0.121. The molecule has 0 radical (unpaired) electrons. The Kier molecular flexibility index (Phi) is 5.13. The van der Waals surface area contributed by atoms with E-state index in [0.29, 0.717) is 24.4 Å². The van der Waals surface area contributed by atoms with Gasteiger partial charge in [-0.1, -0.05) is 42.0 Å². The Morgan fingerprint density at radius 3 is 2.65 bits per heavy atom. The van der Waals surface area contributed by atoms with Crippen LogP contribution in [0.15, 0.2) is 48.6 Å². The van der Waals surface area contributed by atoms with Gasteiger partial charge >= 0.3 is 0 Å². The smallest absolute Gasteiger partial charge is 0.224 e. The molecular formula is C16H16ClNO2. The van der Waals surface area contributed by atoms with Crippen LogP contribution in [0.4, 0.5) is 0 Å². The summed E-state index contributed by atoms with van der Waals surface area (Å²) in [5.41, 5.74) is 0.920. The quantitative estimate of drug-likeness (QED) is 0.906. The second kappa shape index (κ2) is 7.06. The van der Waals surface area contributed by atoms with E-state index in [9.17, 15) is 9.59 Å². The fourth-order valence-corrected chi connectivity index (χ4v) is 2.15. The molecule has 3 nitrogen and oxygen atoms in total. The number of benzene rings is 1. The molecule has 104 valence electrons. The van der Waals surface area contributed by atoms with Crippen LogP contribution in [0.5, 0.6) is 0 Å². The fourth-order valence-electron chi connectivity index (χ4n) is 2.02. The minimum atomic E-state index is -0.115. The highest BCUT2D eigenvalue weighted by atomic mass is 35.5. The summed E-state index contributed by atoms with van der Waals surface area (Å²) in [6, 6.07) is 7.20. The summed E-state index contributed by atoms with van der Waals surface area (Å²) in [6.45, 7) is 0.501. The third-order valence-electron chi connectivity index (χ3n) is 3.14. The Hall–Kier alpha value is -1.87. The predicted octanol–water partition coefficient (Wildman–Crippen LogP) is 2.70. The maximum atomic E-state index is 11.8. The van der Waals surface area contributed by atoms with E-state index < -0.39 is 0 Å². The minimum Gasteiger partial charge on any atom is -0.356 e. The van der Waals surface area contributed by atoms with Crippen molar-refractivity contribution in [1.82, 2.24) is 5.32 Å². The zero-order chi connectivity index (χ0) is 14.4. The van der Waals surface area contributed by atoms with E-state index in [1.54, 1.807) is 24.3 Å². The molecular weight excluding hydrogens is 274 g/mol. The number of amides is 1. The molecule has 1 aromatic rings. The molecule has 0 aromatic heterocycles. The van der Waals surface area contributed by atoms with E-state index in [0.717, 1.165) is 5.56 Å². The van der Waals surface area contributed by atoms with Crippen molar-refractivity contribution < 1.29 is 9.59 Å². The van der Waals surface area contributed by atoms with Crippen molar-refractivity contribution in [2.75, 3.05) is 6.54 Å². The number of halogens is 1. The number of allylic oxidation sites excluding steroid dienone is 4. The minimum absolute atomic E-state index is 0.0462. The molecule has 1 aromatic carbocycles. The van der Waals surface area contributed by atoms with Gasteiger partial charge in [0.2, 0.25) is 5.91 Å². The Morgan fingerprint density at radius 2 is 1.95 bits per heavy atom. The van der Waals surface area contributed by atoms with Gasteiger partial charge in [0, 0.05) is 17.5 Å². The highest BCUT2D eigenvalue weighted by molar-refractivity contribution is 6.30. The third-order valence-corrected chi connectivity index (χ3v) is 3.39. The van der Waals surface area contributed by atoms with Gasteiger partial charge in [-0.3, -0.25) is 9.59 Å². The molecule has 4 heteroatoms. The van der Waals surface area contributed by atoms with Gasteiger partial charge in [0.15, 0.2) is 5.78 Å². The number of carbonyl (C=O) groups excluding carboxylic acids is 2. The first-order valence-electron chi connectivity index (χ1n) is 6.55. The molecule has 0 saturated heterocycles. The lowest BCUT2D eigenvalue weighted by Crippen LogP contribution is -2.28. The van der Waals surface area contributed by atoms with E-state index in [-0.39, 0.29) is 17.6 Å². The third kappa shape index (κ3) is 4.35. The predicted molar refractivity (Wildman–Crippen MR) is 79.6 cm³/mol. The Balaban J connectivity index is 1.73. The van der Waals surface area contributed by atoms with Crippen molar-refractivity contribution in [3.05, 3.63) is 59.2 Å². The van der Waals surface area contributed by atoms with Gasteiger partial charge in [-0.25, -0.2) is 0 Å². The molecule has 0 aliphatic heterocycles. The second-order valence-electron chi connectivity index (χ2n) is 4.69. The van der Waals surface area contributed by atoms with Crippen molar-refractivity contribution in [1.29, 1.82) is 0 Å². The molecule has 0 spiro atoms. The highest BCUT2D eigenvalue weighted by Gasteiger charge is 2.14. The zero-order valence-corrected chi connectivity index (χ0v) is 11.8. The average molecular weight is 290 g/mol. The van der Waals surface area contributed by atoms with Crippen LogP contribution in [0, 0.1) is 5.92 Å². The number of nitrogens with one attached hydrogen (secondary N) is 1. The topological polar surface area (TPSA) is 46.2 Å².